The maximum absolute atomic E-state index is 14.4. The molecule has 1 N–H and O–H groups in total. The zero-order valence-corrected chi connectivity index (χ0v) is 17.0. The molecular weight excluding hydrogens is 407 g/mol. The van der Waals surface area contributed by atoms with Crippen LogP contribution in [0.1, 0.15) is 16.1 Å². The van der Waals surface area contributed by atoms with Gasteiger partial charge >= 0.3 is 5.69 Å². The summed E-state index contributed by atoms with van der Waals surface area (Å²) in [4.78, 5) is 38.6. The van der Waals surface area contributed by atoms with Gasteiger partial charge in [-0.3, -0.25) is 14.2 Å². The first-order valence-electron chi connectivity index (χ1n) is 9.35. The molecule has 31 heavy (non-hydrogen) atoms. The van der Waals surface area contributed by atoms with E-state index in [0.717, 1.165) is 10.6 Å². The largest absolute Gasteiger partial charge is 0.497 e. The van der Waals surface area contributed by atoms with Crippen molar-refractivity contribution in [2.24, 2.45) is 0 Å². The number of rotatable bonds is 8. The minimum absolute atomic E-state index is 0.130. The molecule has 10 heteroatoms. The highest BCUT2D eigenvalue weighted by atomic mass is 19.1. The van der Waals surface area contributed by atoms with Gasteiger partial charge in [-0.2, -0.15) is 9.78 Å². The molecule has 1 aromatic heterocycles. The Morgan fingerprint density at radius 3 is 2.61 bits per heavy atom. The standard InChI is InChI=1S/C21H21FN4O5/c1-30-11-10-23-19(27)18-20(28)25(13-14-6-5-7-15(12-14)31-2)21(29)26(24-18)17-9-4-3-8-16(17)22/h3-9,12H,10-11,13H2,1-2H3,(H,23,27). The van der Waals surface area contributed by atoms with Crippen molar-refractivity contribution in [2.45, 2.75) is 6.54 Å². The number of hydrogen-bond acceptors (Lipinski definition) is 6. The zero-order chi connectivity index (χ0) is 22.4. The van der Waals surface area contributed by atoms with Crippen LogP contribution in [0.4, 0.5) is 4.39 Å². The van der Waals surface area contributed by atoms with Crippen LogP contribution in [0.15, 0.2) is 58.1 Å². The van der Waals surface area contributed by atoms with Gasteiger partial charge in [0.25, 0.3) is 11.5 Å². The van der Waals surface area contributed by atoms with Crippen molar-refractivity contribution in [2.75, 3.05) is 27.4 Å². The second-order valence-electron chi connectivity index (χ2n) is 6.49. The Morgan fingerprint density at radius 2 is 1.90 bits per heavy atom. The average Bonchev–Trinajstić information content (AvgIpc) is 2.77. The SMILES string of the molecule is COCCNC(=O)c1nn(-c2ccccc2F)c(=O)n(Cc2cccc(OC)c2)c1=O. The van der Waals surface area contributed by atoms with Crippen molar-refractivity contribution < 1.29 is 18.7 Å². The lowest BCUT2D eigenvalue weighted by molar-refractivity contribution is 0.0927. The second kappa shape index (κ2) is 9.81. The lowest BCUT2D eigenvalue weighted by Gasteiger charge is -2.13. The van der Waals surface area contributed by atoms with Crippen molar-refractivity contribution in [1.82, 2.24) is 19.7 Å². The van der Waals surface area contributed by atoms with Crippen LogP contribution in [0, 0.1) is 5.82 Å². The highest BCUT2D eigenvalue weighted by molar-refractivity contribution is 5.91. The fraction of sp³-hybridized carbons (Fsp3) is 0.238. The molecule has 0 spiro atoms. The summed E-state index contributed by atoms with van der Waals surface area (Å²) in [5.74, 6) is -0.993. The van der Waals surface area contributed by atoms with Gasteiger partial charge in [0.2, 0.25) is 5.69 Å². The summed E-state index contributed by atoms with van der Waals surface area (Å²) in [6, 6.07) is 12.2. The van der Waals surface area contributed by atoms with Gasteiger partial charge in [-0.25, -0.2) is 9.18 Å². The van der Waals surface area contributed by atoms with Crippen LogP contribution in [-0.4, -0.2) is 47.6 Å². The molecule has 0 saturated carbocycles. The van der Waals surface area contributed by atoms with Crippen LogP contribution in [-0.2, 0) is 11.3 Å². The van der Waals surface area contributed by atoms with Gasteiger partial charge in [0, 0.05) is 13.7 Å². The first-order chi connectivity index (χ1) is 15.0. The number of benzene rings is 2. The Kier molecular flexibility index (Phi) is 6.93. The predicted octanol–water partition coefficient (Wildman–Crippen LogP) is 0.966. The Bertz CT molecular complexity index is 1200. The molecule has 0 fully saturated rings. The maximum atomic E-state index is 14.4. The number of ether oxygens (including phenoxy) is 2. The van der Waals surface area contributed by atoms with Crippen molar-refractivity contribution in [3.05, 3.63) is 86.4 Å². The third-order valence-corrected chi connectivity index (χ3v) is 4.42. The van der Waals surface area contributed by atoms with Crippen molar-refractivity contribution in [3.8, 4) is 11.4 Å². The van der Waals surface area contributed by atoms with E-state index in [4.69, 9.17) is 9.47 Å². The van der Waals surface area contributed by atoms with Crippen LogP contribution in [0.3, 0.4) is 0 Å². The van der Waals surface area contributed by atoms with Crippen LogP contribution >= 0.6 is 0 Å². The van der Waals surface area contributed by atoms with Gasteiger partial charge in [0.1, 0.15) is 17.3 Å². The van der Waals surface area contributed by atoms with Gasteiger partial charge in [-0.05, 0) is 29.8 Å². The van der Waals surface area contributed by atoms with Gasteiger partial charge in [0.15, 0.2) is 0 Å². The van der Waals surface area contributed by atoms with Crippen molar-refractivity contribution in [1.29, 1.82) is 0 Å². The molecule has 0 bridgehead atoms. The molecule has 3 rings (SSSR count). The number of nitrogens with zero attached hydrogens (tertiary/aromatic N) is 3. The fourth-order valence-electron chi connectivity index (χ4n) is 2.88. The van der Waals surface area contributed by atoms with Gasteiger partial charge in [-0.15, -0.1) is 0 Å². The smallest absolute Gasteiger partial charge is 0.352 e. The normalized spacial score (nSPS) is 10.7. The monoisotopic (exact) mass is 428 g/mol. The lowest BCUT2D eigenvalue weighted by Crippen LogP contribution is -2.46. The summed E-state index contributed by atoms with van der Waals surface area (Å²) in [7, 11) is 2.95. The second-order valence-corrected chi connectivity index (χ2v) is 6.49. The number of aromatic nitrogens is 3. The number of nitrogens with one attached hydrogen (secondary N) is 1. The summed E-state index contributed by atoms with van der Waals surface area (Å²) < 4.78 is 26.0. The molecule has 0 radical (unpaired) electrons. The Labute approximate surface area is 176 Å². The number of hydrogen-bond donors (Lipinski definition) is 1. The van der Waals surface area contributed by atoms with Crippen LogP contribution in [0.5, 0.6) is 5.75 Å². The Morgan fingerprint density at radius 1 is 1.13 bits per heavy atom. The average molecular weight is 428 g/mol. The topological polar surface area (TPSA) is 104 Å². The van der Waals surface area contributed by atoms with Crippen molar-refractivity contribution >= 4 is 5.91 Å². The molecule has 0 atom stereocenters. The first-order valence-corrected chi connectivity index (χ1v) is 9.35. The molecule has 0 saturated heterocycles. The maximum Gasteiger partial charge on any atom is 0.352 e. The first kappa shape index (κ1) is 21.9. The molecule has 0 unspecified atom stereocenters. The number of amides is 1. The quantitative estimate of drug-likeness (QED) is 0.536. The number of carbonyl (C=O) groups excluding carboxylic acids is 1. The molecule has 0 aliphatic heterocycles. The predicted molar refractivity (Wildman–Crippen MR) is 110 cm³/mol. The van der Waals surface area contributed by atoms with E-state index in [-0.39, 0.29) is 25.4 Å². The molecule has 162 valence electrons. The van der Waals surface area contributed by atoms with E-state index in [2.05, 4.69) is 10.4 Å². The van der Waals surface area contributed by atoms with E-state index < -0.39 is 28.7 Å². The van der Waals surface area contributed by atoms with Crippen molar-refractivity contribution in [3.63, 3.8) is 0 Å². The molecule has 1 amide bonds. The zero-order valence-electron chi connectivity index (χ0n) is 17.0. The van der Waals surface area contributed by atoms with E-state index in [1.165, 1.54) is 32.4 Å². The van der Waals surface area contributed by atoms with Crippen LogP contribution in [0.25, 0.3) is 5.69 Å². The summed E-state index contributed by atoms with van der Waals surface area (Å²) in [5, 5.41) is 6.36. The van der Waals surface area contributed by atoms with Gasteiger partial charge in [0.05, 0.1) is 20.3 Å². The van der Waals surface area contributed by atoms with E-state index in [1.807, 2.05) is 0 Å². The number of halogens is 1. The Balaban J connectivity index is 2.16. The summed E-state index contributed by atoms with van der Waals surface area (Å²) in [5.41, 5.74) is -1.92. The summed E-state index contributed by atoms with van der Waals surface area (Å²) in [6.07, 6.45) is 0. The summed E-state index contributed by atoms with van der Waals surface area (Å²) in [6.45, 7) is 0.187. The molecule has 2 aromatic carbocycles. The van der Waals surface area contributed by atoms with E-state index in [0.29, 0.717) is 16.0 Å². The molecule has 9 nitrogen and oxygen atoms in total. The van der Waals surface area contributed by atoms with E-state index in [9.17, 15) is 18.8 Å². The molecule has 0 aliphatic rings. The highest BCUT2D eigenvalue weighted by Gasteiger charge is 2.21. The fourth-order valence-corrected chi connectivity index (χ4v) is 2.88. The third-order valence-electron chi connectivity index (χ3n) is 4.42. The number of carbonyl (C=O) groups is 1. The van der Waals surface area contributed by atoms with Gasteiger partial charge < -0.3 is 14.8 Å². The molecular formula is C21H21FN4O5. The highest BCUT2D eigenvalue weighted by Crippen LogP contribution is 2.13. The van der Waals surface area contributed by atoms with Crippen LogP contribution in [0.2, 0.25) is 0 Å². The Hall–Kier alpha value is -3.79. The lowest BCUT2D eigenvalue weighted by atomic mass is 10.2. The van der Waals surface area contributed by atoms with E-state index in [1.54, 1.807) is 24.3 Å². The third kappa shape index (κ3) is 4.86. The van der Waals surface area contributed by atoms with E-state index >= 15 is 0 Å². The number of methoxy groups -OCH3 is 2. The minimum atomic E-state index is -0.893. The van der Waals surface area contributed by atoms with Gasteiger partial charge in [-0.1, -0.05) is 24.3 Å². The van der Waals surface area contributed by atoms with Crippen LogP contribution < -0.4 is 21.3 Å². The molecule has 3 aromatic rings. The number of para-hydroxylation sites is 1. The summed E-state index contributed by atoms with van der Waals surface area (Å²) >= 11 is 0. The minimum Gasteiger partial charge on any atom is -0.497 e. The molecule has 0 aliphatic carbocycles. The molecule has 1 heterocycles.